The number of aromatic amines is 1. The zero-order valence-electron chi connectivity index (χ0n) is 19.6. The molecular formula is C25H27N7O2. The van der Waals surface area contributed by atoms with Crippen molar-refractivity contribution in [3.05, 3.63) is 61.1 Å². The maximum atomic E-state index is 12.3. The van der Waals surface area contributed by atoms with Crippen LogP contribution in [0.5, 0.6) is 5.75 Å². The molecule has 174 valence electrons. The largest absolute Gasteiger partial charge is 0.497 e. The number of nitrogens with zero attached hydrogens (tertiary/aromatic N) is 4. The number of likely N-dealkylation sites (N-methyl/N-ethyl adjacent to an activating group) is 1. The summed E-state index contributed by atoms with van der Waals surface area (Å²) in [5, 5.41) is 6.80. The molecule has 0 saturated heterocycles. The van der Waals surface area contributed by atoms with Gasteiger partial charge in [0.25, 0.3) is 0 Å². The Labute approximate surface area is 197 Å². The highest BCUT2D eigenvalue weighted by atomic mass is 16.5. The molecule has 34 heavy (non-hydrogen) atoms. The Balaban J connectivity index is 1.69. The van der Waals surface area contributed by atoms with Crippen LogP contribution in [0.25, 0.3) is 33.4 Å². The molecule has 0 aliphatic rings. The second-order valence-electron chi connectivity index (χ2n) is 7.94. The van der Waals surface area contributed by atoms with Crippen LogP contribution in [0, 0.1) is 0 Å². The molecule has 9 nitrogen and oxygen atoms in total. The number of benzene rings is 1. The van der Waals surface area contributed by atoms with E-state index >= 15 is 0 Å². The maximum Gasteiger partial charge on any atom is 0.248 e. The number of fused-ring (bicyclic) bond motifs is 1. The van der Waals surface area contributed by atoms with E-state index in [1.54, 1.807) is 32.6 Å². The van der Waals surface area contributed by atoms with Gasteiger partial charge in [0, 0.05) is 66.5 Å². The summed E-state index contributed by atoms with van der Waals surface area (Å²) in [6.45, 7) is 0.684. The fourth-order valence-electron chi connectivity index (χ4n) is 3.51. The minimum absolute atomic E-state index is 0.202. The number of H-pyrrole nitrogens is 1. The minimum atomic E-state index is -0.202. The molecule has 0 saturated carbocycles. The zero-order valence-corrected chi connectivity index (χ0v) is 19.6. The highest BCUT2D eigenvalue weighted by molar-refractivity contribution is 6.00. The summed E-state index contributed by atoms with van der Waals surface area (Å²) in [5.41, 5.74) is 4.85. The van der Waals surface area contributed by atoms with E-state index in [1.165, 1.54) is 6.08 Å². The lowest BCUT2D eigenvalue weighted by molar-refractivity contribution is -0.111. The number of rotatable bonds is 8. The summed E-state index contributed by atoms with van der Waals surface area (Å²) in [4.78, 5) is 30.9. The number of ether oxygens (including phenoxy) is 1. The monoisotopic (exact) mass is 457 g/mol. The summed E-state index contributed by atoms with van der Waals surface area (Å²) in [5.74, 6) is 0.976. The number of hydrogen-bond acceptors (Lipinski definition) is 7. The van der Waals surface area contributed by atoms with Crippen LogP contribution in [0.15, 0.2) is 61.1 Å². The van der Waals surface area contributed by atoms with Crippen molar-refractivity contribution in [2.75, 3.05) is 45.4 Å². The van der Waals surface area contributed by atoms with Crippen molar-refractivity contribution in [2.24, 2.45) is 0 Å². The van der Waals surface area contributed by atoms with Crippen LogP contribution in [0.1, 0.15) is 0 Å². The first-order valence-corrected chi connectivity index (χ1v) is 10.8. The van der Waals surface area contributed by atoms with Crippen molar-refractivity contribution in [3.63, 3.8) is 0 Å². The van der Waals surface area contributed by atoms with Gasteiger partial charge < -0.3 is 25.3 Å². The van der Waals surface area contributed by atoms with E-state index in [0.717, 1.165) is 33.4 Å². The summed E-state index contributed by atoms with van der Waals surface area (Å²) >= 11 is 0. The Hall–Kier alpha value is -4.24. The average Bonchev–Trinajstić information content (AvgIpc) is 3.27. The lowest BCUT2D eigenvalue weighted by atomic mass is 10.0. The molecule has 4 rings (SSSR count). The van der Waals surface area contributed by atoms with Crippen LogP contribution >= 0.6 is 0 Å². The molecule has 0 radical (unpaired) electrons. The van der Waals surface area contributed by atoms with Crippen molar-refractivity contribution in [1.82, 2.24) is 24.8 Å². The van der Waals surface area contributed by atoms with Gasteiger partial charge in [0.05, 0.1) is 12.8 Å². The van der Waals surface area contributed by atoms with Crippen molar-refractivity contribution in [1.29, 1.82) is 0 Å². The zero-order chi connectivity index (χ0) is 24.1. The number of aromatic nitrogens is 4. The molecule has 3 heterocycles. The molecule has 0 bridgehead atoms. The molecule has 0 spiro atoms. The normalized spacial score (nSPS) is 11.3. The van der Waals surface area contributed by atoms with Crippen LogP contribution in [0.4, 0.5) is 11.6 Å². The standard InChI is InChI=1S/C25H27N7O2/c1-26-25-27-8-7-22(31-25)21-15-29-24-20(21)12-17(14-28-24)16-10-18(13-19(11-16)34-4)30-23(33)6-5-9-32(2)3/h5-8,10-15H,9H2,1-4H3,(H,28,29)(H,30,33)(H,26,27,31)/b6-5+. The quantitative estimate of drug-likeness (QED) is 0.346. The lowest BCUT2D eigenvalue weighted by Crippen LogP contribution is -2.13. The van der Waals surface area contributed by atoms with Gasteiger partial charge in [-0.15, -0.1) is 0 Å². The first-order chi connectivity index (χ1) is 16.5. The third kappa shape index (κ3) is 5.21. The van der Waals surface area contributed by atoms with Gasteiger partial charge in [0.15, 0.2) is 0 Å². The molecule has 0 aliphatic heterocycles. The molecule has 0 aliphatic carbocycles. The van der Waals surface area contributed by atoms with E-state index in [4.69, 9.17) is 4.74 Å². The van der Waals surface area contributed by atoms with Gasteiger partial charge in [-0.2, -0.15) is 0 Å². The first-order valence-electron chi connectivity index (χ1n) is 10.8. The highest BCUT2D eigenvalue weighted by Crippen LogP contribution is 2.33. The van der Waals surface area contributed by atoms with Gasteiger partial charge in [-0.3, -0.25) is 4.79 Å². The number of anilines is 2. The van der Waals surface area contributed by atoms with Crippen molar-refractivity contribution >= 4 is 28.6 Å². The van der Waals surface area contributed by atoms with E-state index in [-0.39, 0.29) is 5.91 Å². The molecule has 0 atom stereocenters. The van der Waals surface area contributed by atoms with E-state index in [2.05, 4.69) is 30.6 Å². The lowest BCUT2D eigenvalue weighted by Gasteiger charge is -2.10. The topological polar surface area (TPSA) is 108 Å². The summed E-state index contributed by atoms with van der Waals surface area (Å²) < 4.78 is 5.48. The second kappa shape index (κ2) is 10.1. The van der Waals surface area contributed by atoms with Gasteiger partial charge in [0.2, 0.25) is 11.9 Å². The Morgan fingerprint density at radius 2 is 2.03 bits per heavy atom. The molecular weight excluding hydrogens is 430 g/mol. The van der Waals surface area contributed by atoms with Crippen LogP contribution < -0.4 is 15.4 Å². The van der Waals surface area contributed by atoms with Crippen molar-refractivity contribution in [3.8, 4) is 28.1 Å². The van der Waals surface area contributed by atoms with E-state index in [1.807, 2.05) is 55.5 Å². The fraction of sp³-hybridized carbons (Fsp3) is 0.200. The molecule has 1 amide bonds. The second-order valence-corrected chi connectivity index (χ2v) is 7.94. The van der Waals surface area contributed by atoms with Gasteiger partial charge in [-0.05, 0) is 43.9 Å². The van der Waals surface area contributed by atoms with Gasteiger partial charge in [-0.25, -0.2) is 15.0 Å². The first kappa shape index (κ1) is 22.9. The maximum absolute atomic E-state index is 12.3. The molecule has 3 N–H and O–H groups in total. The van der Waals surface area contributed by atoms with E-state index in [0.29, 0.717) is 23.9 Å². The number of amides is 1. The van der Waals surface area contributed by atoms with Crippen LogP contribution in [-0.2, 0) is 4.79 Å². The predicted molar refractivity (Wildman–Crippen MR) is 135 cm³/mol. The Morgan fingerprint density at radius 3 is 2.79 bits per heavy atom. The molecule has 9 heteroatoms. The predicted octanol–water partition coefficient (Wildman–Crippen LogP) is 3.79. The molecule has 3 aromatic heterocycles. The molecule has 0 unspecified atom stereocenters. The highest BCUT2D eigenvalue weighted by Gasteiger charge is 2.12. The Kier molecular flexibility index (Phi) is 6.84. The Morgan fingerprint density at radius 1 is 1.18 bits per heavy atom. The number of carbonyl (C=O) groups excluding carboxylic acids is 1. The van der Waals surface area contributed by atoms with Crippen LogP contribution in [0.3, 0.4) is 0 Å². The van der Waals surface area contributed by atoms with Crippen LogP contribution in [0.2, 0.25) is 0 Å². The SMILES string of the molecule is CNc1nccc(-c2c[nH]c3ncc(-c4cc(NC(=O)/C=C/CN(C)C)cc(OC)c4)cc23)n1. The number of nitrogens with one attached hydrogen (secondary N) is 3. The third-order valence-electron chi connectivity index (χ3n) is 5.17. The van der Waals surface area contributed by atoms with E-state index in [9.17, 15) is 4.79 Å². The third-order valence-corrected chi connectivity index (χ3v) is 5.17. The van der Waals surface area contributed by atoms with Crippen molar-refractivity contribution < 1.29 is 9.53 Å². The average molecular weight is 458 g/mol. The molecule has 0 fully saturated rings. The summed E-state index contributed by atoms with van der Waals surface area (Å²) in [7, 11) is 7.27. The van der Waals surface area contributed by atoms with Gasteiger partial charge in [-0.1, -0.05) is 6.08 Å². The summed E-state index contributed by atoms with van der Waals surface area (Å²) in [6, 6.07) is 9.51. The smallest absolute Gasteiger partial charge is 0.248 e. The van der Waals surface area contributed by atoms with Crippen LogP contribution in [-0.4, -0.2) is 65.5 Å². The number of hydrogen-bond donors (Lipinski definition) is 3. The minimum Gasteiger partial charge on any atom is -0.497 e. The number of carbonyl (C=O) groups is 1. The summed E-state index contributed by atoms with van der Waals surface area (Å²) in [6.07, 6.45) is 8.74. The number of methoxy groups -OCH3 is 1. The van der Waals surface area contributed by atoms with Gasteiger partial charge >= 0.3 is 0 Å². The van der Waals surface area contributed by atoms with E-state index < -0.39 is 0 Å². The van der Waals surface area contributed by atoms with Gasteiger partial charge in [0.1, 0.15) is 11.4 Å². The van der Waals surface area contributed by atoms with Crippen molar-refractivity contribution in [2.45, 2.75) is 0 Å². The molecule has 4 aromatic rings. The number of pyridine rings is 1. The fourth-order valence-corrected chi connectivity index (χ4v) is 3.51. The Bertz CT molecular complexity index is 1340. The molecule has 1 aromatic carbocycles.